The lowest BCUT2D eigenvalue weighted by atomic mass is 9.36. The highest BCUT2D eigenvalue weighted by Crippen LogP contribution is 2.74. The first-order chi connectivity index (χ1) is 26.2. The molecule has 0 aliphatic heterocycles. The fourth-order valence-corrected chi connectivity index (χ4v) is 11.9. The maximum Gasteiger partial charge on any atom is 0.313 e. The summed E-state index contributed by atoms with van der Waals surface area (Å²) in [4.78, 5) is 0. The molecule has 1 unspecified atom stereocenters. The van der Waals surface area contributed by atoms with Gasteiger partial charge in [0.15, 0.2) is 5.60 Å². The number of hydrogen-bond donors (Lipinski definition) is 0. The van der Waals surface area contributed by atoms with Gasteiger partial charge in [-0.1, -0.05) is 204 Å². The van der Waals surface area contributed by atoms with Crippen molar-refractivity contribution >= 4 is 0 Å². The number of ether oxygens (including phenoxy) is 4. The summed E-state index contributed by atoms with van der Waals surface area (Å²) in [5.74, 6) is -0.627. The Morgan fingerprint density at radius 2 is 0.648 bits per heavy atom. The molecule has 4 nitrogen and oxygen atoms in total. The largest absolute Gasteiger partial charge is 0.369 e. The summed E-state index contributed by atoms with van der Waals surface area (Å²) < 4.78 is 27.8. The van der Waals surface area contributed by atoms with Crippen molar-refractivity contribution in [3.8, 4) is 0 Å². The third-order valence-electron chi connectivity index (χ3n) is 14.5. The quantitative estimate of drug-likeness (QED) is 0.0460. The van der Waals surface area contributed by atoms with Gasteiger partial charge in [0, 0.05) is 33.9 Å². The van der Waals surface area contributed by atoms with Crippen LogP contribution in [-0.4, -0.2) is 40.0 Å². The molecule has 0 saturated heterocycles. The van der Waals surface area contributed by atoms with Crippen LogP contribution in [0.5, 0.6) is 0 Å². The fourth-order valence-electron chi connectivity index (χ4n) is 11.9. The first kappa shape index (κ1) is 53.8. The molecule has 0 spiro atoms. The van der Waals surface area contributed by atoms with E-state index in [2.05, 4.69) is 62.3 Å². The zero-order chi connectivity index (χ0) is 40.8. The number of rotatable bonds is 40. The van der Waals surface area contributed by atoms with E-state index in [0.29, 0.717) is 5.92 Å². The lowest BCUT2D eigenvalue weighted by Crippen LogP contribution is -2.74. The Balaban J connectivity index is 9.25. The second kappa shape index (κ2) is 30.9. The van der Waals surface area contributed by atoms with Crippen LogP contribution < -0.4 is 0 Å². The van der Waals surface area contributed by atoms with Crippen LogP contribution in [0, 0.1) is 22.2 Å². The Morgan fingerprint density at radius 1 is 0.315 bits per heavy atom. The number of methoxy groups -OCH3 is 4. The highest BCUT2D eigenvalue weighted by Gasteiger charge is 2.75. The highest BCUT2D eigenvalue weighted by molar-refractivity contribution is 5.19. The summed E-state index contributed by atoms with van der Waals surface area (Å²) in [6.45, 7) is 21.8. The van der Waals surface area contributed by atoms with Gasteiger partial charge in [0.25, 0.3) is 0 Å². The van der Waals surface area contributed by atoms with E-state index in [1.165, 1.54) is 173 Å². The van der Waals surface area contributed by atoms with Crippen molar-refractivity contribution in [2.45, 2.75) is 273 Å². The summed E-state index contributed by atoms with van der Waals surface area (Å²) in [7, 11) is 7.52. The van der Waals surface area contributed by atoms with E-state index in [1.807, 2.05) is 28.4 Å². The van der Waals surface area contributed by atoms with Crippen LogP contribution in [0.15, 0.2) is 0 Å². The van der Waals surface area contributed by atoms with Crippen molar-refractivity contribution in [2.75, 3.05) is 28.4 Å². The summed E-state index contributed by atoms with van der Waals surface area (Å²) in [5.41, 5.74) is -0.819. The van der Waals surface area contributed by atoms with Crippen LogP contribution >= 0.6 is 0 Å². The average Bonchev–Trinajstić information content (AvgIpc) is 3.20. The maximum absolute atomic E-state index is 7.50. The van der Waals surface area contributed by atoms with Crippen molar-refractivity contribution in [2.24, 2.45) is 22.2 Å². The molecular weight excluding hydrogens is 665 g/mol. The Labute approximate surface area is 341 Å². The number of hydrogen-bond acceptors (Lipinski definition) is 4. The highest BCUT2D eigenvalue weighted by atomic mass is 16.9. The molecule has 0 radical (unpaired) electrons. The molecular formula is C50H102O4. The fraction of sp³-hybridized carbons (Fsp3) is 1.00. The SMILES string of the molecule is CCCCCCCCC(OC)(C(OC)(OC)OC)C(CCCC)(CCCC)C(CCCC)(CCCC)C(CCCC)(CCCC)C(CCCC)CCCC. The van der Waals surface area contributed by atoms with Crippen LogP contribution in [0.25, 0.3) is 0 Å². The molecule has 0 aromatic heterocycles. The van der Waals surface area contributed by atoms with Crippen LogP contribution in [0.2, 0.25) is 0 Å². The van der Waals surface area contributed by atoms with Gasteiger partial charge in [-0.25, -0.2) is 0 Å². The summed E-state index contributed by atoms with van der Waals surface area (Å²) in [6, 6.07) is 0. The van der Waals surface area contributed by atoms with E-state index in [-0.39, 0.29) is 16.2 Å². The average molecular weight is 767 g/mol. The van der Waals surface area contributed by atoms with E-state index in [0.717, 1.165) is 25.7 Å². The van der Waals surface area contributed by atoms with Gasteiger partial charge in [-0.2, -0.15) is 0 Å². The molecule has 0 saturated carbocycles. The zero-order valence-corrected chi connectivity index (χ0v) is 39.6. The second-order valence-electron chi connectivity index (χ2n) is 17.6. The molecule has 0 heterocycles. The van der Waals surface area contributed by atoms with Gasteiger partial charge in [-0.3, -0.25) is 0 Å². The van der Waals surface area contributed by atoms with Crippen molar-refractivity contribution in [3.05, 3.63) is 0 Å². The summed E-state index contributed by atoms with van der Waals surface area (Å²) >= 11 is 0. The molecule has 0 aromatic carbocycles. The van der Waals surface area contributed by atoms with E-state index in [4.69, 9.17) is 18.9 Å². The van der Waals surface area contributed by atoms with Gasteiger partial charge < -0.3 is 18.9 Å². The Morgan fingerprint density at radius 3 is 1.00 bits per heavy atom. The molecule has 0 aliphatic rings. The van der Waals surface area contributed by atoms with Gasteiger partial charge in [0.2, 0.25) is 0 Å². The van der Waals surface area contributed by atoms with Gasteiger partial charge in [0.05, 0.1) is 0 Å². The van der Waals surface area contributed by atoms with Crippen molar-refractivity contribution in [1.82, 2.24) is 0 Å². The topological polar surface area (TPSA) is 36.9 Å². The lowest BCUT2D eigenvalue weighted by Gasteiger charge is -2.71. The standard InChI is InChI=1S/C50H102O4/c1-14-23-32-33-34-35-44-49(51-10,50(52-11,53-12)54-13)48(42-30-21-8,43-31-22-9)47(40-28-19-6,41-29-20-7)46(38-26-17-4,39-27-18-5)45(36-24-15-2)37-25-16-3/h45H,14-44H2,1-13H3. The predicted molar refractivity (Wildman–Crippen MR) is 238 cm³/mol. The van der Waals surface area contributed by atoms with Crippen molar-refractivity contribution in [1.29, 1.82) is 0 Å². The second-order valence-corrected chi connectivity index (χ2v) is 17.6. The minimum atomic E-state index is -1.32. The lowest BCUT2D eigenvalue weighted by molar-refractivity contribution is -0.460. The third kappa shape index (κ3) is 13.2. The van der Waals surface area contributed by atoms with Crippen molar-refractivity contribution < 1.29 is 18.9 Å². The first-order valence-electron chi connectivity index (χ1n) is 24.4. The molecule has 0 fully saturated rings. The van der Waals surface area contributed by atoms with E-state index in [1.54, 1.807) is 0 Å². The van der Waals surface area contributed by atoms with Crippen LogP contribution in [0.4, 0.5) is 0 Å². The molecule has 0 N–H and O–H groups in total. The predicted octanol–water partition coefficient (Wildman–Crippen LogP) is 16.8. The molecule has 0 aromatic rings. The number of unbranched alkanes of at least 4 members (excludes halogenated alkanes) is 13. The van der Waals surface area contributed by atoms with Crippen molar-refractivity contribution in [3.63, 3.8) is 0 Å². The van der Waals surface area contributed by atoms with E-state index < -0.39 is 11.6 Å². The maximum atomic E-state index is 7.50. The van der Waals surface area contributed by atoms with Crippen LogP contribution in [-0.2, 0) is 18.9 Å². The Bertz CT molecular complexity index is 796. The third-order valence-corrected chi connectivity index (χ3v) is 14.5. The molecule has 0 bridgehead atoms. The molecule has 54 heavy (non-hydrogen) atoms. The molecule has 1 atom stereocenters. The summed E-state index contributed by atoms with van der Waals surface area (Å²) in [5, 5.41) is 0. The minimum absolute atomic E-state index is 0.0198. The normalized spacial score (nSPS) is 14.3. The monoisotopic (exact) mass is 767 g/mol. The van der Waals surface area contributed by atoms with Crippen LogP contribution in [0.3, 0.4) is 0 Å². The molecule has 326 valence electrons. The minimum Gasteiger partial charge on any atom is -0.369 e. The van der Waals surface area contributed by atoms with Gasteiger partial charge >= 0.3 is 5.97 Å². The van der Waals surface area contributed by atoms with Gasteiger partial charge in [-0.05, 0) is 74.5 Å². The Kier molecular flexibility index (Phi) is 30.8. The van der Waals surface area contributed by atoms with Crippen LogP contribution in [0.1, 0.15) is 261 Å². The molecule has 0 rings (SSSR count). The zero-order valence-electron chi connectivity index (χ0n) is 39.6. The Hall–Kier alpha value is -0.160. The van der Waals surface area contributed by atoms with Gasteiger partial charge in [-0.15, -0.1) is 0 Å². The summed E-state index contributed by atoms with van der Waals surface area (Å²) in [6.07, 6.45) is 38.5. The first-order valence-corrected chi connectivity index (χ1v) is 24.4. The smallest absolute Gasteiger partial charge is 0.313 e. The van der Waals surface area contributed by atoms with E-state index >= 15 is 0 Å². The van der Waals surface area contributed by atoms with Gasteiger partial charge in [0.1, 0.15) is 0 Å². The van der Waals surface area contributed by atoms with E-state index in [9.17, 15) is 0 Å². The molecule has 0 amide bonds. The molecule has 0 aliphatic carbocycles. The molecule has 4 heteroatoms.